The highest BCUT2D eigenvalue weighted by Crippen LogP contribution is 2.34. The summed E-state index contributed by atoms with van der Waals surface area (Å²) >= 11 is 0. The summed E-state index contributed by atoms with van der Waals surface area (Å²) in [6.07, 6.45) is 0. The maximum Gasteiger partial charge on any atom is 0.166 e. The summed E-state index contributed by atoms with van der Waals surface area (Å²) in [5.74, 6) is -0.726. The molecule has 0 aliphatic heterocycles. The number of para-hydroxylation sites is 1. The van der Waals surface area contributed by atoms with Crippen LogP contribution in [0.15, 0.2) is 66.7 Å². The Balaban J connectivity index is 2.06. The topological polar surface area (TPSA) is 9.23 Å². The molecule has 0 N–H and O–H groups in total. The third-order valence-corrected chi connectivity index (χ3v) is 3.04. The fourth-order valence-corrected chi connectivity index (χ4v) is 2.05. The minimum atomic E-state index is -0.887. The molecule has 0 amide bonds. The lowest BCUT2D eigenvalue weighted by Crippen LogP contribution is -1.92. The van der Waals surface area contributed by atoms with E-state index in [-0.39, 0.29) is 5.56 Å². The first-order valence-corrected chi connectivity index (χ1v) is 6.43. The molecule has 0 aliphatic rings. The van der Waals surface area contributed by atoms with Gasteiger partial charge in [0.1, 0.15) is 11.5 Å². The van der Waals surface area contributed by atoms with Crippen molar-refractivity contribution in [3.05, 3.63) is 84.4 Å². The van der Waals surface area contributed by atoms with Crippen molar-refractivity contribution in [2.24, 2.45) is 0 Å². The third-order valence-electron chi connectivity index (χ3n) is 3.04. The zero-order chi connectivity index (χ0) is 14.7. The predicted octanol–water partition coefficient (Wildman–Crippen LogP) is 5.22. The molecule has 0 aromatic heterocycles. The van der Waals surface area contributed by atoms with Gasteiger partial charge in [0.15, 0.2) is 11.6 Å². The largest absolute Gasteiger partial charge is 0.457 e. The smallest absolute Gasteiger partial charge is 0.166 e. The van der Waals surface area contributed by atoms with Crippen molar-refractivity contribution in [2.45, 2.75) is 0 Å². The van der Waals surface area contributed by atoms with Crippen molar-refractivity contribution in [2.75, 3.05) is 0 Å². The van der Waals surface area contributed by atoms with Gasteiger partial charge in [-0.1, -0.05) is 36.4 Å². The maximum atomic E-state index is 14.0. The molecule has 103 valence electrons. The number of halogens is 2. The van der Waals surface area contributed by atoms with Gasteiger partial charge in [-0.25, -0.2) is 8.78 Å². The normalized spacial score (nSPS) is 10.4. The minimum absolute atomic E-state index is 0.162. The second-order valence-electron chi connectivity index (χ2n) is 4.44. The molecule has 1 radical (unpaired) electrons. The summed E-state index contributed by atoms with van der Waals surface area (Å²) < 4.78 is 33.1. The van der Waals surface area contributed by atoms with Crippen molar-refractivity contribution in [1.29, 1.82) is 0 Å². The lowest BCUT2D eigenvalue weighted by atomic mass is 10.0. The predicted molar refractivity (Wildman–Crippen MR) is 77.1 cm³/mol. The second kappa shape index (κ2) is 5.75. The molecule has 0 heterocycles. The molecule has 0 aliphatic carbocycles. The van der Waals surface area contributed by atoms with Crippen LogP contribution < -0.4 is 4.74 Å². The molecule has 0 atom stereocenters. The summed E-state index contributed by atoms with van der Waals surface area (Å²) in [5.41, 5.74) is 0.643. The minimum Gasteiger partial charge on any atom is -0.457 e. The fraction of sp³-hybridized carbons (Fsp3) is 0. The molecule has 1 nitrogen and oxygen atoms in total. The average Bonchev–Trinajstić information content (AvgIpc) is 2.52. The highest BCUT2D eigenvalue weighted by atomic mass is 19.2. The van der Waals surface area contributed by atoms with Crippen LogP contribution in [0.3, 0.4) is 0 Å². The van der Waals surface area contributed by atoms with Gasteiger partial charge in [-0.15, -0.1) is 0 Å². The monoisotopic (exact) mass is 281 g/mol. The summed E-state index contributed by atoms with van der Waals surface area (Å²) in [7, 11) is 0. The molecule has 3 rings (SSSR count). The van der Waals surface area contributed by atoms with Crippen molar-refractivity contribution in [3.8, 4) is 22.6 Å². The third kappa shape index (κ3) is 2.77. The molecule has 0 spiro atoms. The number of ether oxygens (including phenoxy) is 1. The molecule has 21 heavy (non-hydrogen) atoms. The number of benzene rings is 3. The van der Waals surface area contributed by atoms with Crippen molar-refractivity contribution < 1.29 is 13.5 Å². The molecule has 3 aromatic rings. The van der Waals surface area contributed by atoms with Crippen LogP contribution in [-0.4, -0.2) is 0 Å². The zero-order valence-electron chi connectivity index (χ0n) is 11.0. The Kier molecular flexibility index (Phi) is 3.65. The van der Waals surface area contributed by atoms with E-state index < -0.39 is 11.6 Å². The molecule has 0 saturated carbocycles. The number of rotatable bonds is 3. The Morgan fingerprint density at radius 1 is 0.810 bits per heavy atom. The van der Waals surface area contributed by atoms with E-state index in [9.17, 15) is 8.78 Å². The molecule has 0 unspecified atom stereocenters. The fourth-order valence-electron chi connectivity index (χ4n) is 2.05. The van der Waals surface area contributed by atoms with Crippen LogP contribution in [-0.2, 0) is 0 Å². The molecular weight excluding hydrogens is 270 g/mol. The van der Waals surface area contributed by atoms with Gasteiger partial charge in [-0.05, 0) is 36.4 Å². The highest BCUT2D eigenvalue weighted by Gasteiger charge is 2.14. The second-order valence-corrected chi connectivity index (χ2v) is 4.44. The Labute approximate surface area is 121 Å². The Bertz CT molecular complexity index is 754. The highest BCUT2D eigenvalue weighted by molar-refractivity contribution is 5.71. The number of hydrogen-bond acceptors (Lipinski definition) is 1. The van der Waals surface area contributed by atoms with E-state index >= 15 is 0 Å². The van der Waals surface area contributed by atoms with Gasteiger partial charge in [-0.2, -0.15) is 0 Å². The Morgan fingerprint density at radius 3 is 2.43 bits per heavy atom. The average molecular weight is 281 g/mol. The van der Waals surface area contributed by atoms with E-state index in [0.717, 1.165) is 6.07 Å². The first kappa shape index (κ1) is 13.3. The summed E-state index contributed by atoms with van der Waals surface area (Å²) in [5, 5.41) is 0. The van der Waals surface area contributed by atoms with Crippen molar-refractivity contribution >= 4 is 0 Å². The van der Waals surface area contributed by atoms with Gasteiger partial charge in [0.05, 0.1) is 0 Å². The SMILES string of the molecule is Fc1cccc(-c2cc[c]cc2Oc2ccccc2)c1F. The van der Waals surface area contributed by atoms with E-state index in [1.165, 1.54) is 12.1 Å². The van der Waals surface area contributed by atoms with Gasteiger partial charge >= 0.3 is 0 Å². The van der Waals surface area contributed by atoms with Gasteiger partial charge in [0, 0.05) is 11.1 Å². The van der Waals surface area contributed by atoms with Gasteiger partial charge < -0.3 is 4.74 Å². The van der Waals surface area contributed by atoms with E-state index in [1.54, 1.807) is 30.3 Å². The first-order valence-electron chi connectivity index (χ1n) is 6.43. The van der Waals surface area contributed by atoms with Gasteiger partial charge in [0.2, 0.25) is 0 Å². The summed E-state index contributed by atoms with van der Waals surface area (Å²) in [6, 6.07) is 21.0. The quantitative estimate of drug-likeness (QED) is 0.639. The Hall–Kier alpha value is -2.68. The standard InChI is InChI=1S/C18H11F2O/c19-16-11-6-10-15(18(16)20)14-9-4-5-12-17(14)21-13-7-2-1-3-8-13/h1-4,6-12H. The van der Waals surface area contributed by atoms with E-state index in [4.69, 9.17) is 4.74 Å². The van der Waals surface area contributed by atoms with Crippen molar-refractivity contribution in [3.63, 3.8) is 0 Å². The maximum absolute atomic E-state index is 14.0. The van der Waals surface area contributed by atoms with Crippen LogP contribution in [0.25, 0.3) is 11.1 Å². The molecule has 0 fully saturated rings. The van der Waals surface area contributed by atoms with Crippen LogP contribution >= 0.6 is 0 Å². The molecule has 3 aromatic carbocycles. The van der Waals surface area contributed by atoms with Crippen LogP contribution in [0.5, 0.6) is 11.5 Å². The van der Waals surface area contributed by atoms with Crippen LogP contribution in [0.2, 0.25) is 0 Å². The van der Waals surface area contributed by atoms with Crippen LogP contribution in [0, 0.1) is 17.7 Å². The van der Waals surface area contributed by atoms with Crippen LogP contribution in [0.1, 0.15) is 0 Å². The van der Waals surface area contributed by atoms with Crippen LogP contribution in [0.4, 0.5) is 8.78 Å². The number of hydrogen-bond donors (Lipinski definition) is 0. The van der Waals surface area contributed by atoms with Gasteiger partial charge in [0.25, 0.3) is 0 Å². The van der Waals surface area contributed by atoms with E-state index in [0.29, 0.717) is 17.1 Å². The molecular formula is C18H11F2O. The lowest BCUT2D eigenvalue weighted by molar-refractivity contribution is 0.482. The Morgan fingerprint density at radius 2 is 1.62 bits per heavy atom. The van der Waals surface area contributed by atoms with E-state index in [2.05, 4.69) is 6.07 Å². The zero-order valence-corrected chi connectivity index (χ0v) is 11.0. The molecule has 3 heteroatoms. The summed E-state index contributed by atoms with van der Waals surface area (Å²) in [6.45, 7) is 0. The summed E-state index contributed by atoms with van der Waals surface area (Å²) in [4.78, 5) is 0. The van der Waals surface area contributed by atoms with Crippen molar-refractivity contribution in [1.82, 2.24) is 0 Å². The van der Waals surface area contributed by atoms with Gasteiger partial charge in [-0.3, -0.25) is 0 Å². The first-order chi connectivity index (χ1) is 10.3. The molecule has 0 bridgehead atoms. The lowest BCUT2D eigenvalue weighted by Gasteiger charge is -2.12. The molecule has 0 saturated heterocycles. The van der Waals surface area contributed by atoms with E-state index in [1.807, 2.05) is 18.2 Å².